The molecule has 0 radical (unpaired) electrons. The van der Waals surface area contributed by atoms with Gasteiger partial charge in [-0.1, -0.05) is 408 Å². The number of aliphatic hydroxyl groups excluding tert-OH is 1. The lowest BCUT2D eigenvalue weighted by Crippen LogP contribution is -2.30. The smallest absolute Gasteiger partial charge is 0.462 e. The molecule has 105 heavy (non-hydrogen) atoms. The first-order valence-corrected chi connectivity index (χ1v) is 47.5. The maximum atomic E-state index is 13.1. The largest absolute Gasteiger partial charge is 0.472 e. The molecular weight excluding hydrogens is 1370 g/mol. The molecule has 0 aromatic carbocycles. The molecule has 0 rings (SSSR count). The number of aliphatic hydroxyl groups is 1. The molecular formula is C86H168O17P2. The predicted octanol–water partition coefficient (Wildman–Crippen LogP) is 26.2. The number of rotatable bonds is 85. The van der Waals surface area contributed by atoms with Crippen LogP contribution in [-0.4, -0.2) is 96.7 Å². The highest BCUT2D eigenvalue weighted by atomic mass is 31.2. The molecule has 19 heteroatoms. The molecule has 0 aliphatic rings. The normalized spacial score (nSPS) is 14.1. The van der Waals surface area contributed by atoms with Gasteiger partial charge in [0.15, 0.2) is 12.2 Å². The van der Waals surface area contributed by atoms with Gasteiger partial charge >= 0.3 is 39.5 Å². The Labute approximate surface area is 645 Å². The maximum absolute atomic E-state index is 13.1. The monoisotopic (exact) mass is 1540 g/mol. The lowest BCUT2D eigenvalue weighted by atomic mass is 9.99. The summed E-state index contributed by atoms with van der Waals surface area (Å²) in [6, 6.07) is 0. The molecule has 624 valence electrons. The molecule has 0 saturated heterocycles. The molecule has 0 fully saturated rings. The summed E-state index contributed by atoms with van der Waals surface area (Å²) < 4.78 is 68.9. The van der Waals surface area contributed by atoms with Crippen molar-refractivity contribution in [1.29, 1.82) is 0 Å². The molecule has 0 saturated carbocycles. The summed E-state index contributed by atoms with van der Waals surface area (Å²) in [5.41, 5.74) is 0. The number of hydrogen-bond donors (Lipinski definition) is 3. The number of carbonyl (C=O) groups is 4. The van der Waals surface area contributed by atoms with Crippen molar-refractivity contribution >= 4 is 39.5 Å². The van der Waals surface area contributed by atoms with E-state index in [0.29, 0.717) is 25.7 Å². The maximum Gasteiger partial charge on any atom is 0.472 e. The Kier molecular flexibility index (Phi) is 76.0. The van der Waals surface area contributed by atoms with E-state index in [2.05, 4.69) is 41.5 Å². The fraction of sp³-hybridized carbons (Fsp3) is 0.953. The standard InChI is InChI=1S/C86H168O17P2/c1-7-10-12-14-16-18-20-22-23-24-25-26-27-28-29-30-34-39-46-52-58-64-70-85(90)102-81(74-97-84(89)69-63-57-51-45-38-35-31-33-36-42-48-54-60-66-78(4)5)76-100-104(92,93)98-72-80(87)73-99-105(94,95)101-77-82(75-96-83(88)68-62-56-50-44-37-32-21-19-17-15-13-11-8-2)103-86(91)71-65-59-53-47-41-40-43-49-55-61-67-79(6)9-3/h78-82,87H,7-77H2,1-6H3,(H,92,93)(H,94,95)/t79?,80-,81-,82-/m1/s1. The Hall–Kier alpha value is -1.94. The molecule has 17 nitrogen and oxygen atoms in total. The molecule has 3 unspecified atom stereocenters. The lowest BCUT2D eigenvalue weighted by Gasteiger charge is -2.21. The average Bonchev–Trinajstić information content (AvgIpc) is 0.905. The van der Waals surface area contributed by atoms with Gasteiger partial charge in [-0.3, -0.25) is 37.3 Å². The third-order valence-electron chi connectivity index (χ3n) is 20.6. The van der Waals surface area contributed by atoms with Crippen LogP contribution in [0.2, 0.25) is 0 Å². The minimum atomic E-state index is -4.97. The van der Waals surface area contributed by atoms with E-state index in [-0.39, 0.29) is 25.7 Å². The molecule has 3 N–H and O–H groups in total. The summed E-state index contributed by atoms with van der Waals surface area (Å²) in [5, 5.41) is 10.7. The van der Waals surface area contributed by atoms with Gasteiger partial charge in [0.2, 0.25) is 0 Å². The first-order valence-electron chi connectivity index (χ1n) is 44.5. The van der Waals surface area contributed by atoms with E-state index in [1.807, 2.05) is 0 Å². The van der Waals surface area contributed by atoms with Gasteiger partial charge in [0.05, 0.1) is 26.4 Å². The number of esters is 4. The second-order valence-corrected chi connectivity index (χ2v) is 34.6. The van der Waals surface area contributed by atoms with Gasteiger partial charge in [-0.2, -0.15) is 0 Å². The van der Waals surface area contributed by atoms with Crippen molar-refractivity contribution in [3.8, 4) is 0 Å². The Balaban J connectivity index is 5.24. The van der Waals surface area contributed by atoms with E-state index < -0.39 is 97.5 Å². The van der Waals surface area contributed by atoms with Crippen LogP contribution >= 0.6 is 15.6 Å². The zero-order valence-corrected chi connectivity index (χ0v) is 70.8. The van der Waals surface area contributed by atoms with E-state index in [1.54, 1.807) is 0 Å². The van der Waals surface area contributed by atoms with Gasteiger partial charge in [-0.05, 0) is 37.5 Å². The number of hydrogen-bond acceptors (Lipinski definition) is 15. The minimum absolute atomic E-state index is 0.107. The summed E-state index contributed by atoms with van der Waals surface area (Å²) >= 11 is 0. The predicted molar refractivity (Wildman–Crippen MR) is 432 cm³/mol. The van der Waals surface area contributed by atoms with Crippen molar-refractivity contribution in [3.05, 3.63) is 0 Å². The van der Waals surface area contributed by atoms with Crippen LogP contribution in [0.5, 0.6) is 0 Å². The molecule has 0 amide bonds. The zero-order chi connectivity index (χ0) is 77.1. The van der Waals surface area contributed by atoms with Crippen LogP contribution in [0, 0.1) is 11.8 Å². The summed E-state index contributed by atoms with van der Waals surface area (Å²) in [6.45, 7) is 9.71. The van der Waals surface area contributed by atoms with Gasteiger partial charge in [-0.15, -0.1) is 0 Å². The average molecular weight is 1540 g/mol. The lowest BCUT2D eigenvalue weighted by molar-refractivity contribution is -0.161. The molecule has 6 atom stereocenters. The topological polar surface area (TPSA) is 237 Å². The number of ether oxygens (including phenoxy) is 4. The van der Waals surface area contributed by atoms with E-state index in [0.717, 1.165) is 102 Å². The van der Waals surface area contributed by atoms with Crippen molar-refractivity contribution in [2.75, 3.05) is 39.6 Å². The highest BCUT2D eigenvalue weighted by Gasteiger charge is 2.30. The highest BCUT2D eigenvalue weighted by molar-refractivity contribution is 7.47. The first kappa shape index (κ1) is 103. The van der Waals surface area contributed by atoms with E-state index in [1.165, 1.54) is 276 Å². The Bertz CT molecular complexity index is 2010. The molecule has 0 aliphatic carbocycles. The van der Waals surface area contributed by atoms with Gasteiger partial charge in [-0.25, -0.2) is 9.13 Å². The molecule has 0 heterocycles. The van der Waals surface area contributed by atoms with Gasteiger partial charge in [0.1, 0.15) is 19.3 Å². The van der Waals surface area contributed by atoms with Crippen LogP contribution in [0.1, 0.15) is 459 Å². The summed E-state index contributed by atoms with van der Waals surface area (Å²) in [6.07, 6.45) is 69.3. The summed E-state index contributed by atoms with van der Waals surface area (Å²) in [4.78, 5) is 73.2. The number of carbonyl (C=O) groups excluding carboxylic acids is 4. The van der Waals surface area contributed by atoms with Crippen molar-refractivity contribution in [2.24, 2.45) is 11.8 Å². The van der Waals surface area contributed by atoms with Crippen LogP contribution in [-0.2, 0) is 65.4 Å². The van der Waals surface area contributed by atoms with Crippen LogP contribution < -0.4 is 0 Å². The molecule has 0 aromatic heterocycles. The third-order valence-corrected chi connectivity index (χ3v) is 22.5. The fourth-order valence-corrected chi connectivity index (χ4v) is 15.0. The molecule has 0 aliphatic heterocycles. The van der Waals surface area contributed by atoms with Gasteiger partial charge < -0.3 is 33.8 Å². The van der Waals surface area contributed by atoms with Crippen LogP contribution in [0.3, 0.4) is 0 Å². The Morgan fingerprint density at radius 2 is 0.486 bits per heavy atom. The van der Waals surface area contributed by atoms with Gasteiger partial charge in [0.25, 0.3) is 0 Å². The van der Waals surface area contributed by atoms with Crippen LogP contribution in [0.25, 0.3) is 0 Å². The second-order valence-electron chi connectivity index (χ2n) is 31.6. The van der Waals surface area contributed by atoms with E-state index in [4.69, 9.17) is 37.0 Å². The molecule has 0 bridgehead atoms. The van der Waals surface area contributed by atoms with E-state index >= 15 is 0 Å². The third kappa shape index (κ3) is 78.5. The zero-order valence-electron chi connectivity index (χ0n) is 69.0. The Morgan fingerprint density at radius 1 is 0.276 bits per heavy atom. The fourth-order valence-electron chi connectivity index (χ4n) is 13.4. The Morgan fingerprint density at radius 3 is 0.724 bits per heavy atom. The molecule has 0 spiro atoms. The van der Waals surface area contributed by atoms with Crippen molar-refractivity contribution in [2.45, 2.75) is 477 Å². The minimum Gasteiger partial charge on any atom is -0.462 e. The van der Waals surface area contributed by atoms with Crippen LogP contribution in [0.15, 0.2) is 0 Å². The SMILES string of the molecule is CCCCCCCCCCCCCCCCCCCCCCCCC(=O)O[C@H](COC(=O)CCCCCCCCCCCCCCCC(C)C)COP(=O)(O)OC[C@@H](O)COP(=O)(O)OC[C@@H](COC(=O)CCCCCCCCCCCCCCC)OC(=O)CCCCCCCCCCCCC(C)CC. The number of phosphoric acid groups is 2. The quantitative estimate of drug-likeness (QED) is 0.0222. The van der Waals surface area contributed by atoms with E-state index in [9.17, 15) is 43.2 Å². The van der Waals surface area contributed by atoms with Crippen molar-refractivity contribution in [1.82, 2.24) is 0 Å². The summed E-state index contributed by atoms with van der Waals surface area (Å²) in [7, 11) is -9.93. The second kappa shape index (κ2) is 77.4. The molecule has 0 aromatic rings. The van der Waals surface area contributed by atoms with Gasteiger partial charge in [0, 0.05) is 25.7 Å². The first-order chi connectivity index (χ1) is 50.9. The summed E-state index contributed by atoms with van der Waals surface area (Å²) in [5.74, 6) is -0.508. The number of phosphoric ester groups is 2. The highest BCUT2D eigenvalue weighted by Crippen LogP contribution is 2.45. The van der Waals surface area contributed by atoms with Crippen LogP contribution in [0.4, 0.5) is 0 Å². The number of unbranched alkanes of at least 4 members (excludes halogenated alkanes) is 54. The van der Waals surface area contributed by atoms with Crippen molar-refractivity contribution < 1.29 is 80.2 Å². The van der Waals surface area contributed by atoms with Crippen molar-refractivity contribution in [3.63, 3.8) is 0 Å².